The Morgan fingerprint density at radius 1 is 1.32 bits per heavy atom. The number of amides is 1. The Morgan fingerprint density at radius 3 is 2.68 bits per heavy atom. The molecule has 0 spiro atoms. The van der Waals surface area contributed by atoms with E-state index in [0.717, 1.165) is 32.5 Å². The van der Waals surface area contributed by atoms with Crippen LogP contribution in [0.15, 0.2) is 18.3 Å². The molecule has 1 aliphatic heterocycles. The molecule has 1 aromatic heterocycles. The lowest BCUT2D eigenvalue weighted by Gasteiger charge is -2.29. The van der Waals surface area contributed by atoms with Gasteiger partial charge in [-0.25, -0.2) is 4.79 Å². The highest BCUT2D eigenvalue weighted by Gasteiger charge is 2.19. The van der Waals surface area contributed by atoms with E-state index in [1.165, 1.54) is 18.7 Å². The van der Waals surface area contributed by atoms with Crippen LogP contribution in [0.1, 0.15) is 42.2 Å². The third-order valence-electron chi connectivity index (χ3n) is 3.96. The molecule has 0 atom stereocenters. The van der Waals surface area contributed by atoms with Gasteiger partial charge in [0.1, 0.15) is 0 Å². The number of likely N-dealkylation sites (tertiary alicyclic amines) is 1. The van der Waals surface area contributed by atoms with Crippen molar-refractivity contribution in [1.29, 1.82) is 0 Å². The maximum Gasteiger partial charge on any atom is 0.335 e. The van der Waals surface area contributed by atoms with Crippen molar-refractivity contribution in [2.45, 2.75) is 32.7 Å². The van der Waals surface area contributed by atoms with Gasteiger partial charge in [0.05, 0.1) is 17.8 Å². The van der Waals surface area contributed by atoms with Crippen LogP contribution >= 0.6 is 0 Å². The molecule has 1 saturated heterocycles. The minimum Gasteiger partial charge on any atom is -0.478 e. The molecular formula is C16H23N3O3. The molecule has 1 aromatic rings. The van der Waals surface area contributed by atoms with Crippen molar-refractivity contribution in [1.82, 2.24) is 14.8 Å². The highest BCUT2D eigenvalue weighted by molar-refractivity contribution is 5.87. The number of pyridine rings is 1. The fourth-order valence-corrected chi connectivity index (χ4v) is 2.64. The molecule has 1 aliphatic rings. The average molecular weight is 305 g/mol. The van der Waals surface area contributed by atoms with Crippen LogP contribution in [0.25, 0.3) is 0 Å². The molecule has 0 radical (unpaired) electrons. The molecule has 22 heavy (non-hydrogen) atoms. The Kier molecular flexibility index (Phi) is 5.89. The number of carbonyl (C=O) groups is 2. The molecule has 0 saturated carbocycles. The third-order valence-corrected chi connectivity index (χ3v) is 3.96. The fraction of sp³-hybridized carbons (Fsp3) is 0.562. The van der Waals surface area contributed by atoms with E-state index >= 15 is 0 Å². The molecule has 1 N–H and O–H groups in total. The van der Waals surface area contributed by atoms with Crippen molar-refractivity contribution < 1.29 is 14.7 Å². The van der Waals surface area contributed by atoms with Gasteiger partial charge in [-0.3, -0.25) is 14.7 Å². The number of aromatic carboxylic acids is 1. The van der Waals surface area contributed by atoms with Gasteiger partial charge < -0.3 is 10.0 Å². The molecule has 6 nitrogen and oxygen atoms in total. The van der Waals surface area contributed by atoms with Crippen molar-refractivity contribution in [3.63, 3.8) is 0 Å². The lowest BCUT2D eigenvalue weighted by Crippen LogP contribution is -2.42. The van der Waals surface area contributed by atoms with Crippen molar-refractivity contribution >= 4 is 11.9 Å². The molecule has 0 unspecified atom stereocenters. The van der Waals surface area contributed by atoms with E-state index in [9.17, 15) is 9.59 Å². The summed E-state index contributed by atoms with van der Waals surface area (Å²) in [5, 5.41) is 9.01. The van der Waals surface area contributed by atoms with Crippen LogP contribution in [0.3, 0.4) is 0 Å². The molecule has 0 aliphatic carbocycles. The first-order chi connectivity index (χ1) is 10.6. The van der Waals surface area contributed by atoms with Crippen molar-refractivity contribution in [2.24, 2.45) is 0 Å². The Hall–Kier alpha value is -1.95. The van der Waals surface area contributed by atoms with Gasteiger partial charge in [0.25, 0.3) is 0 Å². The first-order valence-corrected chi connectivity index (χ1v) is 7.78. The smallest absolute Gasteiger partial charge is 0.335 e. The molecule has 1 amide bonds. The summed E-state index contributed by atoms with van der Waals surface area (Å²) in [4.78, 5) is 31.4. The SMILES string of the molecule is CCN(CC(=O)N1CCCCC1)Cc1cc(C(=O)O)ccn1. The van der Waals surface area contributed by atoms with Crippen LogP contribution < -0.4 is 0 Å². The number of nitrogens with zero attached hydrogens (tertiary/aromatic N) is 3. The van der Waals surface area contributed by atoms with Crippen LogP contribution in [0.5, 0.6) is 0 Å². The monoisotopic (exact) mass is 305 g/mol. The van der Waals surface area contributed by atoms with Crippen LogP contribution in [0, 0.1) is 0 Å². The standard InChI is InChI=1S/C16H23N3O3/c1-2-18(12-15(20)19-8-4-3-5-9-19)11-14-10-13(16(21)22)6-7-17-14/h6-7,10H,2-5,8-9,11-12H2,1H3,(H,21,22). The molecule has 2 heterocycles. The highest BCUT2D eigenvalue weighted by atomic mass is 16.4. The molecule has 1 fully saturated rings. The summed E-state index contributed by atoms with van der Waals surface area (Å²) < 4.78 is 0. The zero-order valence-corrected chi connectivity index (χ0v) is 13.0. The van der Waals surface area contributed by atoms with Crippen molar-refractivity contribution in [3.05, 3.63) is 29.6 Å². The van der Waals surface area contributed by atoms with Gasteiger partial charge in [0.15, 0.2) is 0 Å². The number of likely N-dealkylation sites (N-methyl/N-ethyl adjacent to an activating group) is 1. The summed E-state index contributed by atoms with van der Waals surface area (Å²) in [7, 11) is 0. The predicted octanol–water partition coefficient (Wildman–Crippen LogP) is 1.61. The first kappa shape index (κ1) is 16.4. The van der Waals surface area contributed by atoms with Gasteiger partial charge >= 0.3 is 5.97 Å². The second kappa shape index (κ2) is 7.89. The van der Waals surface area contributed by atoms with Crippen LogP contribution in [0.4, 0.5) is 0 Å². The lowest BCUT2D eigenvalue weighted by atomic mass is 10.1. The first-order valence-electron chi connectivity index (χ1n) is 7.78. The maximum absolute atomic E-state index is 12.3. The van der Waals surface area contributed by atoms with Crippen LogP contribution in [0.2, 0.25) is 0 Å². The van der Waals surface area contributed by atoms with Gasteiger partial charge in [-0.05, 0) is 37.9 Å². The Bertz CT molecular complexity index is 527. The van der Waals surface area contributed by atoms with E-state index in [-0.39, 0.29) is 11.5 Å². The van der Waals surface area contributed by atoms with Gasteiger partial charge in [0, 0.05) is 25.8 Å². The van der Waals surface area contributed by atoms with E-state index < -0.39 is 5.97 Å². The molecule has 2 rings (SSSR count). The van der Waals surface area contributed by atoms with Gasteiger partial charge in [-0.1, -0.05) is 6.92 Å². The summed E-state index contributed by atoms with van der Waals surface area (Å²) in [5.74, 6) is -0.813. The van der Waals surface area contributed by atoms with E-state index in [1.54, 1.807) is 6.07 Å². The summed E-state index contributed by atoms with van der Waals surface area (Å²) in [6.45, 7) is 5.25. The van der Waals surface area contributed by atoms with Gasteiger partial charge in [0.2, 0.25) is 5.91 Å². The topological polar surface area (TPSA) is 73.7 Å². The van der Waals surface area contributed by atoms with E-state index in [1.807, 2.05) is 16.7 Å². The second-order valence-corrected chi connectivity index (χ2v) is 5.59. The zero-order chi connectivity index (χ0) is 15.9. The summed E-state index contributed by atoms with van der Waals surface area (Å²) in [5.41, 5.74) is 0.900. The number of hydrogen-bond acceptors (Lipinski definition) is 4. The number of aromatic nitrogens is 1. The Morgan fingerprint density at radius 2 is 2.05 bits per heavy atom. The molecule has 0 bridgehead atoms. The predicted molar refractivity (Wildman–Crippen MR) is 82.6 cm³/mol. The number of rotatable bonds is 6. The van der Waals surface area contributed by atoms with Crippen LogP contribution in [-0.2, 0) is 11.3 Å². The number of carbonyl (C=O) groups excluding carboxylic acids is 1. The van der Waals surface area contributed by atoms with E-state index in [0.29, 0.717) is 18.8 Å². The van der Waals surface area contributed by atoms with Crippen molar-refractivity contribution in [3.8, 4) is 0 Å². The normalized spacial score (nSPS) is 15.1. The van der Waals surface area contributed by atoms with Crippen LogP contribution in [-0.4, -0.2) is 57.9 Å². The van der Waals surface area contributed by atoms with Crippen molar-refractivity contribution in [2.75, 3.05) is 26.2 Å². The highest BCUT2D eigenvalue weighted by Crippen LogP contribution is 2.10. The molecule has 120 valence electrons. The lowest BCUT2D eigenvalue weighted by molar-refractivity contribution is -0.133. The largest absolute Gasteiger partial charge is 0.478 e. The summed E-state index contributed by atoms with van der Waals surface area (Å²) in [6.07, 6.45) is 4.87. The summed E-state index contributed by atoms with van der Waals surface area (Å²) in [6, 6.07) is 3.04. The van der Waals surface area contributed by atoms with E-state index in [4.69, 9.17) is 5.11 Å². The number of piperidine rings is 1. The average Bonchev–Trinajstić information content (AvgIpc) is 2.55. The second-order valence-electron chi connectivity index (χ2n) is 5.59. The van der Waals surface area contributed by atoms with E-state index in [2.05, 4.69) is 4.98 Å². The summed E-state index contributed by atoms with van der Waals surface area (Å²) >= 11 is 0. The molecular weight excluding hydrogens is 282 g/mol. The Labute approximate surface area is 130 Å². The van der Waals surface area contributed by atoms with Gasteiger partial charge in [-0.2, -0.15) is 0 Å². The zero-order valence-electron chi connectivity index (χ0n) is 13.0. The quantitative estimate of drug-likeness (QED) is 0.864. The minimum atomic E-state index is -0.962. The molecule has 6 heteroatoms. The minimum absolute atomic E-state index is 0.149. The number of carboxylic acids is 1. The number of hydrogen-bond donors (Lipinski definition) is 1. The molecule has 0 aromatic carbocycles. The Balaban J connectivity index is 1.95. The maximum atomic E-state index is 12.3. The third kappa shape index (κ3) is 4.53. The fourth-order valence-electron chi connectivity index (χ4n) is 2.64. The number of carboxylic acid groups (broad SMARTS) is 1. The van der Waals surface area contributed by atoms with Gasteiger partial charge in [-0.15, -0.1) is 0 Å².